The van der Waals surface area contributed by atoms with Gasteiger partial charge in [-0.3, -0.25) is 4.79 Å². The van der Waals surface area contributed by atoms with Gasteiger partial charge in [0.05, 0.1) is 0 Å². The molecule has 1 amide bonds. The highest BCUT2D eigenvalue weighted by atomic mass is 16.5. The molecule has 0 aromatic rings. The van der Waals surface area contributed by atoms with Crippen LogP contribution in [0, 0.1) is 11.8 Å². The number of hydrogen-bond donors (Lipinski definition) is 2. The lowest BCUT2D eigenvalue weighted by Crippen LogP contribution is -2.45. The highest BCUT2D eigenvalue weighted by Gasteiger charge is 2.30. The van der Waals surface area contributed by atoms with Crippen LogP contribution >= 0.6 is 0 Å². The highest BCUT2D eigenvalue weighted by molar-refractivity contribution is 5.83. The van der Waals surface area contributed by atoms with Crippen LogP contribution in [0.5, 0.6) is 0 Å². The van der Waals surface area contributed by atoms with Gasteiger partial charge >= 0.3 is 0 Å². The molecule has 2 heterocycles. The number of ether oxygens (including phenoxy) is 1. The van der Waals surface area contributed by atoms with Crippen LogP contribution in [0.3, 0.4) is 0 Å². The minimum absolute atomic E-state index is 0.105. The Bertz CT molecular complexity index is 319. The van der Waals surface area contributed by atoms with E-state index >= 15 is 0 Å². The molecule has 0 aliphatic carbocycles. The molecule has 0 radical (unpaired) electrons. The van der Waals surface area contributed by atoms with Crippen LogP contribution < -0.4 is 5.73 Å². The molecule has 0 aromatic heterocycles. The van der Waals surface area contributed by atoms with Gasteiger partial charge in [-0.15, -0.1) is 0 Å². The Morgan fingerprint density at radius 2 is 1.78 bits per heavy atom. The van der Waals surface area contributed by atoms with E-state index in [9.17, 15) is 4.79 Å². The van der Waals surface area contributed by atoms with E-state index in [1.54, 1.807) is 0 Å². The standard InChI is InChI=1S/C12H21N3O3/c13-11(14-17)9-1-5-15(6-2-9)12(16)10-3-7-18-8-4-10/h9-10,17H,1-8H2,(H2,13,14). The van der Waals surface area contributed by atoms with E-state index < -0.39 is 0 Å². The summed E-state index contributed by atoms with van der Waals surface area (Å²) >= 11 is 0. The third-order valence-corrected chi connectivity index (χ3v) is 3.91. The maximum Gasteiger partial charge on any atom is 0.225 e. The van der Waals surface area contributed by atoms with E-state index in [1.807, 2.05) is 4.90 Å². The summed E-state index contributed by atoms with van der Waals surface area (Å²) in [4.78, 5) is 14.2. The molecule has 0 bridgehead atoms. The molecular weight excluding hydrogens is 234 g/mol. The Kier molecular flexibility index (Phi) is 4.41. The zero-order chi connectivity index (χ0) is 13.0. The molecule has 2 aliphatic heterocycles. The molecule has 0 atom stereocenters. The summed E-state index contributed by atoms with van der Waals surface area (Å²) in [5, 5.41) is 11.7. The predicted octanol–water partition coefficient (Wildman–Crippen LogP) is 0.398. The second-order valence-electron chi connectivity index (χ2n) is 5.01. The van der Waals surface area contributed by atoms with Crippen molar-refractivity contribution in [3.63, 3.8) is 0 Å². The van der Waals surface area contributed by atoms with Crippen molar-refractivity contribution < 1.29 is 14.7 Å². The minimum atomic E-state index is 0.105. The number of amidine groups is 1. The monoisotopic (exact) mass is 255 g/mol. The third kappa shape index (κ3) is 2.93. The van der Waals surface area contributed by atoms with Crippen LogP contribution in [-0.2, 0) is 9.53 Å². The van der Waals surface area contributed by atoms with Crippen molar-refractivity contribution in [2.75, 3.05) is 26.3 Å². The number of rotatable bonds is 2. The summed E-state index contributed by atoms with van der Waals surface area (Å²) in [6, 6.07) is 0. The smallest absolute Gasteiger partial charge is 0.225 e. The molecule has 2 saturated heterocycles. The first kappa shape index (κ1) is 13.1. The van der Waals surface area contributed by atoms with E-state index in [1.165, 1.54) is 0 Å². The molecule has 2 fully saturated rings. The second-order valence-corrected chi connectivity index (χ2v) is 5.01. The molecule has 3 N–H and O–H groups in total. The van der Waals surface area contributed by atoms with E-state index in [2.05, 4.69) is 5.16 Å². The SMILES string of the molecule is NC(=NO)C1CCN(C(=O)C2CCOCC2)CC1. The summed E-state index contributed by atoms with van der Waals surface area (Å²) in [6.07, 6.45) is 3.23. The maximum absolute atomic E-state index is 12.3. The minimum Gasteiger partial charge on any atom is -0.409 e. The maximum atomic E-state index is 12.3. The molecular formula is C12H21N3O3. The van der Waals surface area contributed by atoms with Crippen LogP contribution in [0.4, 0.5) is 0 Å². The van der Waals surface area contributed by atoms with Gasteiger partial charge in [-0.25, -0.2) is 0 Å². The van der Waals surface area contributed by atoms with Gasteiger partial charge in [0.25, 0.3) is 0 Å². The molecule has 2 aliphatic rings. The lowest BCUT2D eigenvalue weighted by molar-refractivity contribution is -0.139. The van der Waals surface area contributed by atoms with Gasteiger partial charge in [-0.1, -0.05) is 5.16 Å². The average Bonchev–Trinajstić information content (AvgIpc) is 2.47. The van der Waals surface area contributed by atoms with Crippen molar-refractivity contribution in [1.82, 2.24) is 4.90 Å². The van der Waals surface area contributed by atoms with E-state index in [-0.39, 0.29) is 23.6 Å². The lowest BCUT2D eigenvalue weighted by atomic mass is 9.93. The molecule has 0 saturated carbocycles. The summed E-state index contributed by atoms with van der Waals surface area (Å²) in [5.74, 6) is 0.761. The van der Waals surface area contributed by atoms with Crippen molar-refractivity contribution in [1.29, 1.82) is 0 Å². The molecule has 0 spiro atoms. The second kappa shape index (κ2) is 6.04. The Labute approximate surface area is 107 Å². The van der Waals surface area contributed by atoms with Crippen molar-refractivity contribution in [2.45, 2.75) is 25.7 Å². The Balaban J connectivity index is 1.83. The highest BCUT2D eigenvalue weighted by Crippen LogP contribution is 2.22. The largest absolute Gasteiger partial charge is 0.409 e. The fraction of sp³-hybridized carbons (Fsp3) is 0.833. The molecule has 6 heteroatoms. The van der Waals surface area contributed by atoms with Crippen LogP contribution in [0.15, 0.2) is 5.16 Å². The fourth-order valence-electron chi connectivity index (χ4n) is 2.68. The first-order valence-corrected chi connectivity index (χ1v) is 6.56. The Morgan fingerprint density at radius 3 is 2.33 bits per heavy atom. The van der Waals surface area contributed by atoms with Gasteiger partial charge in [0.1, 0.15) is 5.84 Å². The molecule has 18 heavy (non-hydrogen) atoms. The molecule has 6 nitrogen and oxygen atoms in total. The lowest BCUT2D eigenvalue weighted by Gasteiger charge is -2.34. The number of carbonyl (C=O) groups excluding carboxylic acids is 1. The van der Waals surface area contributed by atoms with Crippen molar-refractivity contribution in [3.05, 3.63) is 0 Å². The molecule has 2 rings (SSSR count). The van der Waals surface area contributed by atoms with Crippen molar-refractivity contribution >= 4 is 11.7 Å². The predicted molar refractivity (Wildman–Crippen MR) is 66.3 cm³/mol. The average molecular weight is 255 g/mol. The van der Waals surface area contributed by atoms with E-state index in [4.69, 9.17) is 15.7 Å². The quantitative estimate of drug-likeness (QED) is 0.323. The number of hydrogen-bond acceptors (Lipinski definition) is 4. The molecule has 0 aromatic carbocycles. The van der Waals surface area contributed by atoms with E-state index in [0.29, 0.717) is 26.3 Å². The van der Waals surface area contributed by atoms with E-state index in [0.717, 1.165) is 25.7 Å². The van der Waals surface area contributed by atoms with Gasteiger partial charge in [0.2, 0.25) is 5.91 Å². The summed E-state index contributed by atoms with van der Waals surface area (Å²) < 4.78 is 5.27. The van der Waals surface area contributed by atoms with Crippen LogP contribution in [0.2, 0.25) is 0 Å². The van der Waals surface area contributed by atoms with Crippen LogP contribution in [-0.4, -0.2) is 48.2 Å². The first-order valence-electron chi connectivity index (χ1n) is 6.56. The number of carbonyl (C=O) groups is 1. The Hall–Kier alpha value is -1.30. The van der Waals surface area contributed by atoms with Crippen molar-refractivity contribution in [2.24, 2.45) is 22.7 Å². The van der Waals surface area contributed by atoms with Gasteiger partial charge in [0.15, 0.2) is 0 Å². The summed E-state index contributed by atoms with van der Waals surface area (Å²) in [5.41, 5.74) is 5.59. The summed E-state index contributed by atoms with van der Waals surface area (Å²) in [6.45, 7) is 2.79. The number of nitrogens with two attached hydrogens (primary N) is 1. The van der Waals surface area contributed by atoms with Gasteiger partial charge < -0.3 is 20.6 Å². The normalized spacial score (nSPS) is 24.2. The molecule has 0 unspecified atom stereocenters. The van der Waals surface area contributed by atoms with Crippen molar-refractivity contribution in [3.8, 4) is 0 Å². The van der Waals surface area contributed by atoms with Gasteiger partial charge in [-0.05, 0) is 25.7 Å². The number of piperidine rings is 1. The third-order valence-electron chi connectivity index (χ3n) is 3.91. The Morgan fingerprint density at radius 1 is 1.17 bits per heavy atom. The van der Waals surface area contributed by atoms with Crippen LogP contribution in [0.1, 0.15) is 25.7 Å². The first-order chi connectivity index (χ1) is 8.72. The number of likely N-dealkylation sites (tertiary alicyclic amines) is 1. The van der Waals surface area contributed by atoms with Crippen LogP contribution in [0.25, 0.3) is 0 Å². The fourth-order valence-corrected chi connectivity index (χ4v) is 2.68. The number of amides is 1. The zero-order valence-corrected chi connectivity index (χ0v) is 10.5. The topological polar surface area (TPSA) is 88.2 Å². The summed E-state index contributed by atoms with van der Waals surface area (Å²) in [7, 11) is 0. The zero-order valence-electron chi connectivity index (χ0n) is 10.5. The number of nitrogens with zero attached hydrogens (tertiary/aromatic N) is 2. The van der Waals surface area contributed by atoms with Gasteiger partial charge in [0, 0.05) is 38.1 Å². The molecule has 102 valence electrons. The van der Waals surface area contributed by atoms with Gasteiger partial charge in [-0.2, -0.15) is 0 Å². The number of oxime groups is 1.